The Kier molecular flexibility index (Phi) is 4.24. The molecule has 2 atom stereocenters. The number of anilines is 1. The second kappa shape index (κ2) is 6.88. The maximum absolute atomic E-state index is 9.74. The molecule has 7 nitrogen and oxygen atoms in total. The second-order valence-electron chi connectivity index (χ2n) is 7.74. The molecule has 1 N–H and O–H groups in total. The normalized spacial score (nSPS) is 22.8. The van der Waals surface area contributed by atoms with E-state index in [0.717, 1.165) is 55.9 Å². The third-order valence-electron chi connectivity index (χ3n) is 5.79. The number of aliphatic hydroxyl groups is 1. The van der Waals surface area contributed by atoms with E-state index >= 15 is 0 Å². The van der Waals surface area contributed by atoms with Gasteiger partial charge in [0.15, 0.2) is 11.2 Å². The van der Waals surface area contributed by atoms with Crippen LogP contribution in [0.1, 0.15) is 37.9 Å². The molecular formula is C20H24N6O. The Labute approximate surface area is 158 Å². The summed E-state index contributed by atoms with van der Waals surface area (Å²) >= 11 is 0. The van der Waals surface area contributed by atoms with Crippen molar-refractivity contribution in [1.29, 1.82) is 0 Å². The average molecular weight is 364 g/mol. The van der Waals surface area contributed by atoms with Crippen LogP contribution in [0, 0.1) is 5.92 Å². The third kappa shape index (κ3) is 3.27. The van der Waals surface area contributed by atoms with Gasteiger partial charge in [-0.2, -0.15) is 4.68 Å². The van der Waals surface area contributed by atoms with Gasteiger partial charge in [-0.05, 0) is 62.3 Å². The van der Waals surface area contributed by atoms with E-state index in [2.05, 4.69) is 44.5 Å². The van der Waals surface area contributed by atoms with Gasteiger partial charge in [0.05, 0.1) is 18.0 Å². The Hall–Kier alpha value is -2.54. The quantitative estimate of drug-likeness (QED) is 0.766. The summed E-state index contributed by atoms with van der Waals surface area (Å²) in [5.74, 6) is 1.26. The van der Waals surface area contributed by atoms with Crippen molar-refractivity contribution in [2.24, 2.45) is 5.92 Å². The van der Waals surface area contributed by atoms with Crippen LogP contribution in [-0.4, -0.2) is 49.3 Å². The van der Waals surface area contributed by atoms with Gasteiger partial charge >= 0.3 is 0 Å². The van der Waals surface area contributed by atoms with Crippen molar-refractivity contribution < 1.29 is 5.11 Å². The lowest BCUT2D eigenvalue weighted by Gasteiger charge is -2.17. The molecule has 1 aromatic carbocycles. The van der Waals surface area contributed by atoms with Crippen molar-refractivity contribution in [3.05, 3.63) is 36.3 Å². The molecule has 5 rings (SSSR count). The molecule has 1 aliphatic heterocycles. The molecule has 140 valence electrons. The summed E-state index contributed by atoms with van der Waals surface area (Å²) in [7, 11) is 0. The summed E-state index contributed by atoms with van der Waals surface area (Å²) < 4.78 is 1.79. The lowest BCUT2D eigenvalue weighted by atomic mass is 10.0. The molecule has 0 amide bonds. The van der Waals surface area contributed by atoms with Crippen LogP contribution >= 0.6 is 0 Å². The summed E-state index contributed by atoms with van der Waals surface area (Å²) in [6.07, 6.45) is 7.70. The van der Waals surface area contributed by atoms with Crippen LogP contribution in [0.25, 0.3) is 16.9 Å². The second-order valence-corrected chi connectivity index (χ2v) is 7.74. The third-order valence-corrected chi connectivity index (χ3v) is 5.79. The molecule has 2 aliphatic rings. The minimum atomic E-state index is -0.167. The number of hydrogen-bond acceptors (Lipinski definition) is 6. The van der Waals surface area contributed by atoms with Crippen LogP contribution in [0.2, 0.25) is 0 Å². The van der Waals surface area contributed by atoms with Gasteiger partial charge in [0.25, 0.3) is 0 Å². The topological polar surface area (TPSA) is 80.0 Å². The minimum absolute atomic E-state index is 0.167. The predicted octanol–water partition coefficient (Wildman–Crippen LogP) is 2.51. The zero-order valence-corrected chi connectivity index (χ0v) is 15.3. The van der Waals surface area contributed by atoms with E-state index in [1.54, 1.807) is 10.9 Å². The largest absolute Gasteiger partial charge is 0.393 e. The Balaban J connectivity index is 1.41. The molecule has 3 heterocycles. The Morgan fingerprint density at radius 1 is 1.04 bits per heavy atom. The van der Waals surface area contributed by atoms with Crippen LogP contribution in [0.5, 0.6) is 0 Å². The highest BCUT2D eigenvalue weighted by Gasteiger charge is 2.24. The van der Waals surface area contributed by atoms with Gasteiger partial charge in [0, 0.05) is 25.2 Å². The van der Waals surface area contributed by atoms with E-state index in [1.165, 1.54) is 18.5 Å². The van der Waals surface area contributed by atoms with Crippen molar-refractivity contribution in [2.75, 3.05) is 18.0 Å². The number of benzene rings is 1. The molecule has 0 unspecified atom stereocenters. The summed E-state index contributed by atoms with van der Waals surface area (Å²) in [6.45, 7) is 2.27. The first-order valence-corrected chi connectivity index (χ1v) is 9.87. The molecule has 0 radical (unpaired) electrons. The number of aliphatic hydroxyl groups excluding tert-OH is 1. The Morgan fingerprint density at radius 2 is 1.81 bits per heavy atom. The van der Waals surface area contributed by atoms with Gasteiger partial charge in [0.2, 0.25) is 0 Å². The van der Waals surface area contributed by atoms with Crippen LogP contribution < -0.4 is 4.90 Å². The number of fused-ring (bicyclic) bond motifs is 1. The lowest BCUT2D eigenvalue weighted by molar-refractivity contribution is 0.177. The van der Waals surface area contributed by atoms with Crippen molar-refractivity contribution in [2.45, 2.75) is 44.6 Å². The van der Waals surface area contributed by atoms with E-state index in [9.17, 15) is 5.11 Å². The maximum Gasteiger partial charge on any atom is 0.187 e. The molecule has 0 spiro atoms. The molecule has 1 saturated carbocycles. The molecule has 1 saturated heterocycles. The first-order valence-electron chi connectivity index (χ1n) is 9.87. The van der Waals surface area contributed by atoms with Crippen molar-refractivity contribution in [1.82, 2.24) is 25.0 Å². The highest BCUT2D eigenvalue weighted by molar-refractivity contribution is 5.70. The number of hydrogen-bond donors (Lipinski definition) is 1. The van der Waals surface area contributed by atoms with Crippen LogP contribution in [-0.2, 0) is 6.42 Å². The number of rotatable bonds is 4. The standard InChI is InChI=1S/C20H24N6O/c27-17-8-3-14(11-17)12-19-21-13-18-20(22-19)26(24-23-18)16-6-4-15(5-7-16)25-9-1-2-10-25/h4-7,13-14,17,27H,1-3,8-12H2/t14-,17-/m1/s1. The molecule has 7 heteroatoms. The fraction of sp³-hybridized carbons (Fsp3) is 0.500. The first kappa shape index (κ1) is 16.6. The number of aromatic nitrogens is 5. The van der Waals surface area contributed by atoms with Crippen LogP contribution in [0.3, 0.4) is 0 Å². The van der Waals surface area contributed by atoms with Crippen LogP contribution in [0.4, 0.5) is 5.69 Å². The molecule has 3 aromatic rings. The Bertz CT molecular complexity index is 931. The molecule has 27 heavy (non-hydrogen) atoms. The summed E-state index contributed by atoms with van der Waals surface area (Å²) in [5, 5.41) is 18.2. The molecule has 1 aliphatic carbocycles. The molecule has 2 fully saturated rings. The molecular weight excluding hydrogens is 340 g/mol. The fourth-order valence-corrected chi connectivity index (χ4v) is 4.31. The molecule has 2 aromatic heterocycles. The highest BCUT2D eigenvalue weighted by Crippen LogP contribution is 2.28. The number of nitrogens with zero attached hydrogens (tertiary/aromatic N) is 6. The maximum atomic E-state index is 9.74. The van der Waals surface area contributed by atoms with Gasteiger partial charge in [-0.1, -0.05) is 5.21 Å². The van der Waals surface area contributed by atoms with Crippen LogP contribution in [0.15, 0.2) is 30.5 Å². The summed E-state index contributed by atoms with van der Waals surface area (Å²) in [5.41, 5.74) is 3.67. The van der Waals surface area contributed by atoms with Gasteiger partial charge in [-0.25, -0.2) is 9.97 Å². The van der Waals surface area contributed by atoms with Gasteiger partial charge < -0.3 is 10.0 Å². The first-order chi connectivity index (χ1) is 13.3. The summed E-state index contributed by atoms with van der Waals surface area (Å²) in [4.78, 5) is 11.6. The lowest BCUT2D eigenvalue weighted by Crippen LogP contribution is -2.17. The summed E-state index contributed by atoms with van der Waals surface area (Å²) in [6, 6.07) is 8.46. The highest BCUT2D eigenvalue weighted by atomic mass is 16.3. The van der Waals surface area contributed by atoms with E-state index in [0.29, 0.717) is 11.4 Å². The zero-order valence-electron chi connectivity index (χ0n) is 15.3. The van der Waals surface area contributed by atoms with Gasteiger partial charge in [0.1, 0.15) is 5.82 Å². The van der Waals surface area contributed by atoms with Crippen molar-refractivity contribution >= 4 is 16.9 Å². The monoisotopic (exact) mass is 364 g/mol. The van der Waals surface area contributed by atoms with Crippen molar-refractivity contribution in [3.8, 4) is 5.69 Å². The average Bonchev–Trinajstić information content (AvgIpc) is 3.43. The van der Waals surface area contributed by atoms with Gasteiger partial charge in [-0.3, -0.25) is 0 Å². The molecule has 0 bridgehead atoms. The zero-order chi connectivity index (χ0) is 18.2. The van der Waals surface area contributed by atoms with Gasteiger partial charge in [-0.15, -0.1) is 5.10 Å². The fourth-order valence-electron chi connectivity index (χ4n) is 4.31. The predicted molar refractivity (Wildman–Crippen MR) is 103 cm³/mol. The van der Waals surface area contributed by atoms with E-state index in [1.807, 2.05) is 0 Å². The smallest absolute Gasteiger partial charge is 0.187 e. The SMILES string of the molecule is O[C@@H]1CC[C@@H](Cc2ncc3nnn(-c4ccc(N5CCCC5)cc4)c3n2)C1. The van der Waals surface area contributed by atoms with E-state index in [4.69, 9.17) is 4.98 Å². The van der Waals surface area contributed by atoms with Crippen molar-refractivity contribution in [3.63, 3.8) is 0 Å². The van der Waals surface area contributed by atoms with E-state index in [-0.39, 0.29) is 6.10 Å². The Morgan fingerprint density at radius 3 is 2.56 bits per heavy atom. The van der Waals surface area contributed by atoms with E-state index < -0.39 is 0 Å². The minimum Gasteiger partial charge on any atom is -0.393 e.